The maximum absolute atomic E-state index is 12.8. The van der Waals surface area contributed by atoms with Gasteiger partial charge in [0.2, 0.25) is 5.82 Å². The van der Waals surface area contributed by atoms with Crippen molar-refractivity contribution in [3.05, 3.63) is 72.8 Å². The maximum atomic E-state index is 12.8. The number of anilines is 1. The van der Waals surface area contributed by atoms with Crippen LogP contribution in [0.4, 0.5) is 5.69 Å². The van der Waals surface area contributed by atoms with E-state index >= 15 is 0 Å². The summed E-state index contributed by atoms with van der Waals surface area (Å²) in [5, 5.41) is 23.6. The zero-order valence-electron chi connectivity index (χ0n) is 14.4. The van der Waals surface area contributed by atoms with Crippen LogP contribution in [0.5, 0.6) is 5.75 Å². The fourth-order valence-electron chi connectivity index (χ4n) is 2.72. The quantitative estimate of drug-likeness (QED) is 0.448. The number of phenols is 1. The second-order valence-corrected chi connectivity index (χ2v) is 7.65. The van der Waals surface area contributed by atoms with Crippen molar-refractivity contribution >= 4 is 15.7 Å². The highest BCUT2D eigenvalue weighted by molar-refractivity contribution is 7.92. The summed E-state index contributed by atoms with van der Waals surface area (Å²) >= 11 is 0. The number of nitrogens with one attached hydrogen (secondary N) is 2. The molecule has 0 saturated heterocycles. The lowest BCUT2D eigenvalue weighted by molar-refractivity contribution is 0.477. The van der Waals surface area contributed by atoms with Crippen molar-refractivity contribution in [2.24, 2.45) is 0 Å². The first kappa shape index (κ1) is 17.7. The van der Waals surface area contributed by atoms with Crippen molar-refractivity contribution in [2.45, 2.75) is 4.90 Å². The second-order valence-electron chi connectivity index (χ2n) is 5.97. The van der Waals surface area contributed by atoms with Crippen LogP contribution in [0.2, 0.25) is 0 Å². The van der Waals surface area contributed by atoms with Crippen LogP contribution in [-0.2, 0) is 10.0 Å². The van der Waals surface area contributed by atoms with Crippen LogP contribution >= 0.6 is 0 Å². The van der Waals surface area contributed by atoms with Crippen LogP contribution in [-0.4, -0.2) is 34.1 Å². The Hall–Kier alpha value is -3.72. The summed E-state index contributed by atoms with van der Waals surface area (Å²) in [5.41, 5.74) is 2.27. The Morgan fingerprint density at radius 3 is 2.39 bits per heavy atom. The molecule has 0 aliphatic heterocycles. The molecule has 1 aromatic heterocycles. The minimum Gasteiger partial charge on any atom is -0.506 e. The Morgan fingerprint density at radius 1 is 0.857 bits per heavy atom. The van der Waals surface area contributed by atoms with Gasteiger partial charge in [-0.2, -0.15) is 5.21 Å². The van der Waals surface area contributed by atoms with Gasteiger partial charge in [0.25, 0.3) is 10.0 Å². The molecule has 4 rings (SSSR count). The van der Waals surface area contributed by atoms with E-state index in [1.807, 2.05) is 30.3 Å². The number of H-pyrrole nitrogens is 1. The van der Waals surface area contributed by atoms with Crippen LogP contribution in [0.3, 0.4) is 0 Å². The molecule has 140 valence electrons. The van der Waals surface area contributed by atoms with Gasteiger partial charge < -0.3 is 5.11 Å². The van der Waals surface area contributed by atoms with Gasteiger partial charge in [-0.3, -0.25) is 4.72 Å². The molecule has 4 aromatic rings. The van der Waals surface area contributed by atoms with Crippen molar-refractivity contribution in [1.82, 2.24) is 20.6 Å². The molecule has 0 bridgehead atoms. The molecule has 1 heterocycles. The van der Waals surface area contributed by atoms with Crippen molar-refractivity contribution in [2.75, 3.05) is 4.72 Å². The topological polar surface area (TPSA) is 121 Å². The minimum atomic E-state index is -3.94. The van der Waals surface area contributed by atoms with E-state index in [2.05, 4.69) is 25.3 Å². The molecule has 28 heavy (non-hydrogen) atoms. The number of hydrogen-bond acceptors (Lipinski definition) is 6. The molecule has 0 aliphatic carbocycles. The Kier molecular flexibility index (Phi) is 4.50. The first-order chi connectivity index (χ1) is 13.5. The monoisotopic (exact) mass is 393 g/mol. The van der Waals surface area contributed by atoms with E-state index in [0.717, 1.165) is 11.1 Å². The number of rotatable bonds is 5. The fraction of sp³-hybridized carbons (Fsp3) is 0. The Morgan fingerprint density at radius 2 is 1.64 bits per heavy atom. The highest BCUT2D eigenvalue weighted by atomic mass is 32.2. The molecule has 0 saturated carbocycles. The van der Waals surface area contributed by atoms with Gasteiger partial charge in [-0.25, -0.2) is 8.42 Å². The molecule has 0 unspecified atom stereocenters. The van der Waals surface area contributed by atoms with E-state index in [-0.39, 0.29) is 22.2 Å². The van der Waals surface area contributed by atoms with Crippen LogP contribution in [0.1, 0.15) is 0 Å². The number of nitrogens with zero attached hydrogens (tertiary/aromatic N) is 3. The van der Waals surface area contributed by atoms with Crippen molar-refractivity contribution < 1.29 is 13.5 Å². The number of aromatic nitrogens is 4. The predicted octanol–water partition coefficient (Wildman–Crippen LogP) is 3.04. The van der Waals surface area contributed by atoms with Gasteiger partial charge in [0.05, 0.1) is 10.6 Å². The average molecular weight is 393 g/mol. The first-order valence-electron chi connectivity index (χ1n) is 8.28. The van der Waals surface area contributed by atoms with Crippen LogP contribution in [0.25, 0.3) is 22.5 Å². The Bertz CT molecular complexity index is 1210. The molecule has 0 fully saturated rings. The SMILES string of the molecule is O=S(=O)(Nc1cc(-c2ccccc2)ccc1O)c1cccc(-c2nn[nH]n2)c1. The van der Waals surface area contributed by atoms with Gasteiger partial charge in [0.15, 0.2) is 0 Å². The van der Waals surface area contributed by atoms with E-state index in [1.165, 1.54) is 18.2 Å². The molecule has 9 heteroatoms. The molecular weight excluding hydrogens is 378 g/mol. The number of hydrogen-bond donors (Lipinski definition) is 3. The third-order valence-corrected chi connectivity index (χ3v) is 5.46. The summed E-state index contributed by atoms with van der Waals surface area (Å²) < 4.78 is 28.1. The summed E-state index contributed by atoms with van der Waals surface area (Å²) in [7, 11) is -3.94. The Labute approximate surface area is 160 Å². The van der Waals surface area contributed by atoms with Crippen molar-refractivity contribution in [1.29, 1.82) is 0 Å². The lowest BCUT2D eigenvalue weighted by atomic mass is 10.1. The molecule has 3 N–H and O–H groups in total. The van der Waals surface area contributed by atoms with E-state index in [1.54, 1.807) is 24.3 Å². The van der Waals surface area contributed by atoms with Gasteiger partial charge in [-0.15, -0.1) is 10.2 Å². The maximum Gasteiger partial charge on any atom is 0.262 e. The molecule has 0 aliphatic rings. The van der Waals surface area contributed by atoms with Crippen LogP contribution in [0, 0.1) is 0 Å². The van der Waals surface area contributed by atoms with Gasteiger partial charge >= 0.3 is 0 Å². The summed E-state index contributed by atoms with van der Waals surface area (Å²) in [5.74, 6) is 0.114. The largest absolute Gasteiger partial charge is 0.506 e. The number of tetrazole rings is 1. The standard InChI is InChI=1S/C19H15N5O3S/c25-18-10-9-14(13-5-2-1-3-6-13)12-17(18)22-28(26,27)16-8-4-7-15(11-16)19-20-23-24-21-19/h1-12,22,25H,(H,20,21,23,24). The highest BCUT2D eigenvalue weighted by Gasteiger charge is 2.18. The van der Waals surface area contributed by atoms with E-state index in [9.17, 15) is 13.5 Å². The van der Waals surface area contributed by atoms with E-state index in [4.69, 9.17) is 0 Å². The van der Waals surface area contributed by atoms with Gasteiger partial charge in [-0.05, 0) is 40.6 Å². The number of sulfonamides is 1. The number of phenolic OH excluding ortho intramolecular Hbond substituents is 1. The van der Waals surface area contributed by atoms with Gasteiger partial charge in [0, 0.05) is 5.56 Å². The molecule has 0 spiro atoms. The fourth-order valence-corrected chi connectivity index (χ4v) is 3.83. The number of benzene rings is 3. The molecule has 0 radical (unpaired) electrons. The summed E-state index contributed by atoms with van der Waals surface area (Å²) in [6, 6.07) is 20.4. The van der Waals surface area contributed by atoms with Crippen LogP contribution in [0.15, 0.2) is 77.7 Å². The summed E-state index contributed by atoms with van der Waals surface area (Å²) in [6.07, 6.45) is 0. The van der Waals surface area contributed by atoms with Crippen molar-refractivity contribution in [3.8, 4) is 28.3 Å². The molecule has 0 atom stereocenters. The highest BCUT2D eigenvalue weighted by Crippen LogP contribution is 2.31. The van der Waals surface area contributed by atoms with E-state index < -0.39 is 10.0 Å². The zero-order chi connectivity index (χ0) is 19.6. The zero-order valence-corrected chi connectivity index (χ0v) is 15.3. The molecule has 8 nitrogen and oxygen atoms in total. The summed E-state index contributed by atoms with van der Waals surface area (Å²) in [4.78, 5) is 0.0133. The molecule has 3 aromatic carbocycles. The van der Waals surface area contributed by atoms with Crippen LogP contribution < -0.4 is 4.72 Å². The number of aromatic hydroxyl groups is 1. The first-order valence-corrected chi connectivity index (χ1v) is 9.76. The lowest BCUT2D eigenvalue weighted by Crippen LogP contribution is -2.13. The second kappa shape index (κ2) is 7.12. The number of aromatic amines is 1. The third kappa shape index (κ3) is 3.55. The summed E-state index contributed by atoms with van der Waals surface area (Å²) in [6.45, 7) is 0. The van der Waals surface area contributed by atoms with Gasteiger partial charge in [0.1, 0.15) is 5.75 Å². The lowest BCUT2D eigenvalue weighted by Gasteiger charge is -2.12. The van der Waals surface area contributed by atoms with Gasteiger partial charge in [-0.1, -0.05) is 48.5 Å². The average Bonchev–Trinajstić information content (AvgIpc) is 3.25. The van der Waals surface area contributed by atoms with E-state index in [0.29, 0.717) is 5.56 Å². The molecule has 0 amide bonds. The normalized spacial score (nSPS) is 11.3. The third-order valence-electron chi connectivity index (χ3n) is 4.10. The molecular formula is C19H15N5O3S. The smallest absolute Gasteiger partial charge is 0.262 e. The minimum absolute atomic E-state index is 0.0133. The predicted molar refractivity (Wildman–Crippen MR) is 104 cm³/mol. The van der Waals surface area contributed by atoms with Crippen molar-refractivity contribution in [3.63, 3.8) is 0 Å². The Balaban J connectivity index is 1.68.